The average molecular weight is 448 g/mol. The molecule has 1 aliphatic heterocycles. The smallest absolute Gasteiger partial charge is 0.307 e. The molecule has 0 fully saturated rings. The molecule has 4 nitrogen and oxygen atoms in total. The van der Waals surface area contributed by atoms with Crippen molar-refractivity contribution in [3.63, 3.8) is 0 Å². The Morgan fingerprint density at radius 1 is 1.33 bits per heavy atom. The first-order valence-electron chi connectivity index (χ1n) is 9.90. The lowest BCUT2D eigenvalue weighted by Gasteiger charge is -2.20. The van der Waals surface area contributed by atoms with E-state index in [0.717, 1.165) is 32.7 Å². The number of hydrogen-bond donors (Lipinski definition) is 1. The summed E-state index contributed by atoms with van der Waals surface area (Å²) in [5.41, 5.74) is 0.456. The zero-order valence-corrected chi connectivity index (χ0v) is 18.4. The Hall–Kier alpha value is -2.02. The summed E-state index contributed by atoms with van der Waals surface area (Å²) in [5.74, 6) is -1.14. The molecule has 0 amide bonds. The molecule has 2 unspecified atom stereocenters. The van der Waals surface area contributed by atoms with E-state index in [0.29, 0.717) is 17.3 Å². The average Bonchev–Trinajstić information content (AvgIpc) is 3.21. The Balaban J connectivity index is 1.98. The van der Waals surface area contributed by atoms with Crippen LogP contribution >= 0.6 is 23.4 Å². The van der Waals surface area contributed by atoms with Gasteiger partial charge in [0.05, 0.1) is 18.2 Å². The molecule has 0 bridgehead atoms. The van der Waals surface area contributed by atoms with Crippen molar-refractivity contribution in [1.29, 1.82) is 0 Å². The first-order valence-corrected chi connectivity index (χ1v) is 11.1. The quantitative estimate of drug-likeness (QED) is 0.444. The number of aliphatic carboxylic acids is 1. The fraction of sp³-hybridized carbons (Fsp3) is 0.348. The molecule has 2 aromatic carbocycles. The molecule has 0 radical (unpaired) electrons. The van der Waals surface area contributed by atoms with Gasteiger partial charge in [0, 0.05) is 45.8 Å². The number of aryl methyl sites for hydroxylation is 1. The molecule has 2 atom stereocenters. The van der Waals surface area contributed by atoms with E-state index >= 15 is 4.39 Å². The maximum absolute atomic E-state index is 16.1. The zero-order valence-electron chi connectivity index (χ0n) is 16.8. The molecule has 1 aliphatic rings. The van der Waals surface area contributed by atoms with Crippen LogP contribution < -0.4 is 0 Å². The molecule has 1 aromatic heterocycles. The summed E-state index contributed by atoms with van der Waals surface area (Å²) in [5, 5.41) is 10.9. The highest BCUT2D eigenvalue weighted by Gasteiger charge is 2.45. The van der Waals surface area contributed by atoms with Crippen molar-refractivity contribution in [2.45, 2.75) is 54.3 Å². The van der Waals surface area contributed by atoms with Crippen LogP contribution in [-0.2, 0) is 21.7 Å². The Labute approximate surface area is 184 Å². The summed E-state index contributed by atoms with van der Waals surface area (Å²) in [6.45, 7) is 2.50. The van der Waals surface area contributed by atoms with Crippen molar-refractivity contribution in [2.75, 3.05) is 7.11 Å². The van der Waals surface area contributed by atoms with Crippen LogP contribution in [0, 0.1) is 0 Å². The van der Waals surface area contributed by atoms with Crippen LogP contribution in [-0.4, -0.2) is 22.8 Å². The fourth-order valence-electron chi connectivity index (χ4n) is 4.39. The Morgan fingerprint density at radius 3 is 2.70 bits per heavy atom. The van der Waals surface area contributed by atoms with Crippen LogP contribution in [0.4, 0.5) is 4.39 Å². The molecule has 1 N–H and O–H groups in total. The number of benzene rings is 2. The van der Waals surface area contributed by atoms with Gasteiger partial charge < -0.3 is 14.4 Å². The minimum Gasteiger partial charge on any atom is -0.481 e. The van der Waals surface area contributed by atoms with E-state index in [1.807, 2.05) is 41.8 Å². The number of carboxylic acid groups (broad SMARTS) is 1. The van der Waals surface area contributed by atoms with E-state index in [9.17, 15) is 9.90 Å². The van der Waals surface area contributed by atoms with Crippen LogP contribution in [0.5, 0.6) is 0 Å². The van der Waals surface area contributed by atoms with Crippen LogP contribution in [0.2, 0.25) is 5.02 Å². The minimum atomic E-state index is -1.91. The molecular formula is C23H23ClFNO3S. The molecule has 158 valence electrons. The van der Waals surface area contributed by atoms with Gasteiger partial charge in [0.2, 0.25) is 0 Å². The van der Waals surface area contributed by atoms with Gasteiger partial charge in [0.25, 0.3) is 0 Å². The molecule has 0 aliphatic carbocycles. The summed E-state index contributed by atoms with van der Waals surface area (Å²) in [6, 6.07) is 13.3. The first kappa shape index (κ1) is 21.2. The number of aromatic nitrogens is 1. The second kappa shape index (κ2) is 8.25. The molecule has 0 spiro atoms. The molecule has 0 saturated carbocycles. The molecule has 4 rings (SSSR count). The van der Waals surface area contributed by atoms with E-state index in [1.165, 1.54) is 11.8 Å². The van der Waals surface area contributed by atoms with Gasteiger partial charge >= 0.3 is 5.97 Å². The van der Waals surface area contributed by atoms with E-state index in [4.69, 9.17) is 16.3 Å². The summed E-state index contributed by atoms with van der Waals surface area (Å²) in [6.07, 6.45) is 0.255. The number of hydrogen-bond acceptors (Lipinski definition) is 3. The van der Waals surface area contributed by atoms with Gasteiger partial charge in [0.1, 0.15) is 0 Å². The SMILES string of the molecule is CCC(OC)c1cccc2c1c(Sc1ccc(Cl)cc1)c1n2CCC1(F)CC(=O)O. The Kier molecular flexibility index (Phi) is 5.84. The maximum Gasteiger partial charge on any atom is 0.307 e. The van der Waals surface area contributed by atoms with Crippen LogP contribution in [0.1, 0.15) is 43.5 Å². The Bertz CT molecular complexity index is 1090. The molecule has 30 heavy (non-hydrogen) atoms. The Morgan fingerprint density at radius 2 is 2.07 bits per heavy atom. The lowest BCUT2D eigenvalue weighted by molar-refractivity contribution is -0.140. The highest BCUT2D eigenvalue weighted by atomic mass is 35.5. The van der Waals surface area contributed by atoms with Crippen molar-refractivity contribution in [3.05, 3.63) is 58.7 Å². The summed E-state index contributed by atoms with van der Waals surface area (Å²) in [7, 11) is 1.67. The number of alkyl halides is 1. The number of halogens is 2. The van der Waals surface area contributed by atoms with Crippen molar-refractivity contribution < 1.29 is 19.0 Å². The minimum absolute atomic E-state index is 0.130. The van der Waals surface area contributed by atoms with Crippen LogP contribution in [0.3, 0.4) is 0 Å². The predicted octanol–water partition coefficient (Wildman–Crippen LogP) is 6.59. The standard InChI is InChI=1S/C23H23ClFNO3S/c1-3-18(29-2)16-5-4-6-17-20(16)21(30-15-9-7-14(24)8-10-15)22-23(25,13-19(27)28)11-12-26(17)22/h4-10,18H,3,11-13H2,1-2H3,(H,27,28). The summed E-state index contributed by atoms with van der Waals surface area (Å²) >= 11 is 7.49. The number of carboxylic acids is 1. The fourth-order valence-corrected chi connectivity index (χ4v) is 5.74. The second-order valence-electron chi connectivity index (χ2n) is 7.55. The van der Waals surface area contributed by atoms with Crippen LogP contribution in [0.15, 0.2) is 52.3 Å². The molecule has 2 heterocycles. The van der Waals surface area contributed by atoms with Gasteiger partial charge in [-0.15, -0.1) is 0 Å². The largest absolute Gasteiger partial charge is 0.481 e. The molecule has 0 saturated heterocycles. The van der Waals surface area contributed by atoms with Gasteiger partial charge in [-0.1, -0.05) is 42.4 Å². The van der Waals surface area contributed by atoms with Crippen molar-refractivity contribution >= 4 is 40.2 Å². The number of carbonyl (C=O) groups is 1. The monoisotopic (exact) mass is 447 g/mol. The van der Waals surface area contributed by atoms with E-state index in [-0.39, 0.29) is 12.5 Å². The molecule has 7 heteroatoms. The third-order valence-corrected chi connectivity index (χ3v) is 7.06. The van der Waals surface area contributed by atoms with Crippen molar-refractivity contribution in [2.24, 2.45) is 0 Å². The van der Waals surface area contributed by atoms with Gasteiger partial charge in [-0.2, -0.15) is 0 Å². The topological polar surface area (TPSA) is 51.5 Å². The second-order valence-corrected chi connectivity index (χ2v) is 9.07. The third kappa shape index (κ3) is 3.61. The number of fused-ring (bicyclic) bond motifs is 3. The van der Waals surface area contributed by atoms with Crippen molar-refractivity contribution in [1.82, 2.24) is 4.57 Å². The molecule has 3 aromatic rings. The number of methoxy groups -OCH3 is 1. The van der Waals surface area contributed by atoms with E-state index in [2.05, 4.69) is 0 Å². The number of ether oxygens (including phenoxy) is 1. The highest BCUT2D eigenvalue weighted by molar-refractivity contribution is 7.99. The summed E-state index contributed by atoms with van der Waals surface area (Å²) in [4.78, 5) is 13.1. The van der Waals surface area contributed by atoms with E-state index in [1.54, 1.807) is 19.2 Å². The zero-order chi connectivity index (χ0) is 21.5. The normalized spacial score (nSPS) is 19.2. The highest BCUT2D eigenvalue weighted by Crippen LogP contribution is 2.52. The van der Waals surface area contributed by atoms with E-state index < -0.39 is 18.1 Å². The number of nitrogens with zero attached hydrogens (tertiary/aromatic N) is 1. The van der Waals surface area contributed by atoms with Gasteiger partial charge in [-0.05, 0) is 42.3 Å². The lowest BCUT2D eigenvalue weighted by atomic mass is 9.95. The number of rotatable bonds is 7. The predicted molar refractivity (Wildman–Crippen MR) is 117 cm³/mol. The van der Waals surface area contributed by atoms with Crippen LogP contribution in [0.25, 0.3) is 10.9 Å². The first-order chi connectivity index (χ1) is 14.4. The third-order valence-electron chi connectivity index (χ3n) is 5.70. The summed E-state index contributed by atoms with van der Waals surface area (Å²) < 4.78 is 23.7. The van der Waals surface area contributed by atoms with Crippen molar-refractivity contribution in [3.8, 4) is 0 Å². The lowest BCUT2D eigenvalue weighted by Crippen LogP contribution is -2.21. The van der Waals surface area contributed by atoms with Gasteiger partial charge in [-0.25, -0.2) is 4.39 Å². The van der Waals surface area contributed by atoms with Gasteiger partial charge in [0.15, 0.2) is 5.67 Å². The van der Waals surface area contributed by atoms with Gasteiger partial charge in [-0.3, -0.25) is 4.79 Å². The molecular weight excluding hydrogens is 425 g/mol. The maximum atomic E-state index is 16.1.